The van der Waals surface area contributed by atoms with Crippen LogP contribution < -0.4 is 10.6 Å². The van der Waals surface area contributed by atoms with Crippen LogP contribution in [0.2, 0.25) is 5.02 Å². The summed E-state index contributed by atoms with van der Waals surface area (Å²) in [5.74, 6) is 0.351. The summed E-state index contributed by atoms with van der Waals surface area (Å²) >= 11 is 7.08. The highest BCUT2D eigenvalue weighted by Crippen LogP contribution is 2.23. The molecule has 2 heterocycles. The van der Waals surface area contributed by atoms with Crippen LogP contribution >= 0.6 is 23.1 Å². The van der Waals surface area contributed by atoms with Gasteiger partial charge in [0, 0.05) is 55.9 Å². The Labute approximate surface area is 161 Å². The van der Waals surface area contributed by atoms with Gasteiger partial charge in [-0.05, 0) is 25.1 Å². The zero-order chi connectivity index (χ0) is 18.4. The fourth-order valence-corrected chi connectivity index (χ4v) is 3.52. The molecule has 1 saturated heterocycles. The Kier molecular flexibility index (Phi) is 7.15. The van der Waals surface area contributed by atoms with Crippen molar-refractivity contribution < 1.29 is 9.13 Å². The second-order valence-electron chi connectivity index (χ2n) is 6.28. The summed E-state index contributed by atoms with van der Waals surface area (Å²) < 4.78 is 22.9. The average Bonchev–Trinajstić information content (AvgIpc) is 3.06. The highest BCUT2D eigenvalue weighted by Gasteiger charge is 2.12. The van der Waals surface area contributed by atoms with E-state index in [0.717, 1.165) is 51.6 Å². The molecule has 2 N–H and O–H groups in total. The second-order valence-corrected chi connectivity index (χ2v) is 7.44. The first kappa shape index (κ1) is 19.4. The maximum absolute atomic E-state index is 13.2. The Morgan fingerprint density at radius 1 is 1.38 bits per heavy atom. The lowest BCUT2D eigenvalue weighted by Crippen LogP contribution is -2.42. The van der Waals surface area contributed by atoms with E-state index in [2.05, 4.69) is 31.8 Å². The Hall–Kier alpha value is -1.32. The van der Waals surface area contributed by atoms with Crippen LogP contribution in [0.25, 0.3) is 0 Å². The number of hydrogen-bond donors (Lipinski definition) is 2. The van der Waals surface area contributed by atoms with Crippen molar-refractivity contribution >= 4 is 34.0 Å². The number of morpholine rings is 1. The number of halogens is 2. The van der Waals surface area contributed by atoms with E-state index in [1.54, 1.807) is 6.07 Å². The lowest BCUT2D eigenvalue weighted by Gasteiger charge is -2.27. The average molecular weight is 400 g/mol. The van der Waals surface area contributed by atoms with E-state index >= 15 is 0 Å². The van der Waals surface area contributed by atoms with Crippen LogP contribution in [0.1, 0.15) is 12.7 Å². The molecule has 0 bridgehead atoms. The van der Waals surface area contributed by atoms with Crippen molar-refractivity contribution in [3.63, 3.8) is 0 Å². The first-order chi connectivity index (χ1) is 12.6. The molecule has 0 spiro atoms. The van der Waals surface area contributed by atoms with Gasteiger partial charge in [-0.15, -0.1) is 0 Å². The molecular weight excluding hydrogens is 377 g/mol. The van der Waals surface area contributed by atoms with Gasteiger partial charge in [-0.3, -0.25) is 4.90 Å². The molecule has 142 valence electrons. The number of rotatable bonds is 8. The van der Waals surface area contributed by atoms with Crippen LogP contribution in [0, 0.1) is 5.82 Å². The molecular formula is C17H23ClFN5OS. The molecule has 1 fully saturated rings. The maximum Gasteiger partial charge on any atom is 0.207 e. The first-order valence-electron chi connectivity index (χ1n) is 8.68. The smallest absolute Gasteiger partial charge is 0.207 e. The largest absolute Gasteiger partial charge is 0.379 e. The van der Waals surface area contributed by atoms with Crippen molar-refractivity contribution in [1.29, 1.82) is 0 Å². The summed E-state index contributed by atoms with van der Waals surface area (Å²) in [6.45, 7) is 7.76. The minimum absolute atomic E-state index is 0.0813. The molecule has 1 aromatic carbocycles. The number of hydrogen-bond acceptors (Lipinski definition) is 7. The molecule has 3 rings (SSSR count). The highest BCUT2D eigenvalue weighted by molar-refractivity contribution is 7.09. The van der Waals surface area contributed by atoms with E-state index in [1.165, 1.54) is 23.7 Å². The van der Waals surface area contributed by atoms with Gasteiger partial charge < -0.3 is 15.4 Å². The fourth-order valence-electron chi connectivity index (χ4n) is 2.72. The Bertz CT molecular complexity index is 710. The third-order valence-corrected chi connectivity index (χ3v) is 5.11. The molecule has 0 amide bonds. The van der Waals surface area contributed by atoms with Crippen molar-refractivity contribution in [2.24, 2.45) is 0 Å². The van der Waals surface area contributed by atoms with Crippen LogP contribution in [0.15, 0.2) is 18.2 Å². The maximum atomic E-state index is 13.2. The van der Waals surface area contributed by atoms with Gasteiger partial charge in [0.25, 0.3) is 0 Å². The zero-order valence-corrected chi connectivity index (χ0v) is 16.2. The fraction of sp³-hybridized carbons (Fsp3) is 0.529. The van der Waals surface area contributed by atoms with Crippen molar-refractivity contribution in [3.05, 3.63) is 34.9 Å². The number of anilines is 2. The van der Waals surface area contributed by atoms with Crippen LogP contribution in [-0.4, -0.2) is 59.7 Å². The minimum atomic E-state index is -0.438. The van der Waals surface area contributed by atoms with Gasteiger partial charge in [0.15, 0.2) is 0 Å². The highest BCUT2D eigenvalue weighted by atomic mass is 35.5. The molecule has 2 aromatic rings. The third-order valence-electron chi connectivity index (χ3n) is 4.15. The van der Waals surface area contributed by atoms with E-state index in [4.69, 9.17) is 16.3 Å². The second kappa shape index (κ2) is 9.57. The van der Waals surface area contributed by atoms with Gasteiger partial charge in [-0.25, -0.2) is 9.37 Å². The molecule has 6 nitrogen and oxygen atoms in total. The monoisotopic (exact) mass is 399 g/mol. The summed E-state index contributed by atoms with van der Waals surface area (Å²) in [6.07, 6.45) is 0.755. The van der Waals surface area contributed by atoms with Crippen LogP contribution in [0.3, 0.4) is 0 Å². The molecule has 1 aliphatic rings. The molecule has 26 heavy (non-hydrogen) atoms. The number of ether oxygens (including phenoxy) is 1. The molecule has 0 saturated carbocycles. The van der Waals surface area contributed by atoms with Crippen LogP contribution in [-0.2, 0) is 11.2 Å². The first-order valence-corrected chi connectivity index (χ1v) is 9.83. The lowest BCUT2D eigenvalue weighted by molar-refractivity contribution is 0.0382. The molecule has 1 unspecified atom stereocenters. The van der Waals surface area contributed by atoms with Crippen molar-refractivity contribution in [3.8, 4) is 0 Å². The van der Waals surface area contributed by atoms with Gasteiger partial charge in [0.1, 0.15) is 11.6 Å². The number of benzene rings is 1. The normalized spacial score (nSPS) is 16.6. The molecule has 1 atom stereocenters. The van der Waals surface area contributed by atoms with Crippen molar-refractivity contribution in [1.82, 2.24) is 19.6 Å². The summed E-state index contributed by atoms with van der Waals surface area (Å²) in [5.41, 5.74) is 0.691. The van der Waals surface area contributed by atoms with E-state index in [1.807, 2.05) is 0 Å². The van der Waals surface area contributed by atoms with Gasteiger partial charge in [0.2, 0.25) is 5.13 Å². The van der Waals surface area contributed by atoms with Crippen molar-refractivity contribution in [2.75, 3.05) is 44.7 Å². The predicted molar refractivity (Wildman–Crippen MR) is 103 cm³/mol. The van der Waals surface area contributed by atoms with Crippen LogP contribution in [0.4, 0.5) is 15.2 Å². The lowest BCUT2D eigenvalue weighted by atomic mass is 10.2. The van der Waals surface area contributed by atoms with E-state index in [0.29, 0.717) is 16.9 Å². The van der Waals surface area contributed by atoms with Gasteiger partial charge in [-0.1, -0.05) is 11.6 Å². The van der Waals surface area contributed by atoms with Crippen molar-refractivity contribution in [2.45, 2.75) is 19.4 Å². The molecule has 1 aliphatic heterocycles. The molecule has 0 radical (unpaired) electrons. The molecule has 1 aromatic heterocycles. The number of nitrogens with zero attached hydrogens (tertiary/aromatic N) is 3. The molecule has 0 aliphatic carbocycles. The quantitative estimate of drug-likeness (QED) is 0.711. The SMILES string of the molecule is CC(Cc1nsc(Nc2ccc(F)c(Cl)c2)n1)NCCN1CCOCC1. The van der Waals surface area contributed by atoms with Gasteiger partial charge >= 0.3 is 0 Å². The minimum Gasteiger partial charge on any atom is -0.379 e. The Morgan fingerprint density at radius 2 is 2.19 bits per heavy atom. The van der Waals surface area contributed by atoms with E-state index in [9.17, 15) is 4.39 Å². The Morgan fingerprint density at radius 3 is 2.96 bits per heavy atom. The summed E-state index contributed by atoms with van der Waals surface area (Å²) in [6, 6.07) is 4.78. The molecule has 9 heteroatoms. The van der Waals surface area contributed by atoms with Gasteiger partial charge in [-0.2, -0.15) is 4.37 Å². The van der Waals surface area contributed by atoms with E-state index < -0.39 is 5.82 Å². The predicted octanol–water partition coefficient (Wildman–Crippen LogP) is 2.93. The Balaban J connectivity index is 1.42. The van der Waals surface area contributed by atoms with Crippen LogP contribution in [0.5, 0.6) is 0 Å². The van der Waals surface area contributed by atoms with Gasteiger partial charge in [0.05, 0.1) is 18.2 Å². The standard InChI is InChI=1S/C17H23ClFN5OS/c1-12(20-4-5-24-6-8-25-9-7-24)10-16-22-17(26-23-16)21-13-2-3-15(19)14(18)11-13/h2-3,11-12,20H,4-10H2,1H3,(H,21,22,23). The third kappa shape index (κ3) is 5.85. The summed E-state index contributed by atoms with van der Waals surface area (Å²) in [4.78, 5) is 6.89. The summed E-state index contributed by atoms with van der Waals surface area (Å²) in [7, 11) is 0. The zero-order valence-electron chi connectivity index (χ0n) is 14.7. The topological polar surface area (TPSA) is 62.3 Å². The van der Waals surface area contributed by atoms with E-state index in [-0.39, 0.29) is 5.02 Å². The number of aromatic nitrogens is 2. The summed E-state index contributed by atoms with van der Waals surface area (Å²) in [5, 5.41) is 7.37. The number of nitrogens with one attached hydrogen (secondary N) is 2.